The van der Waals surface area contributed by atoms with Gasteiger partial charge in [-0.25, -0.2) is 8.42 Å². The van der Waals surface area contributed by atoms with Crippen LogP contribution in [0.3, 0.4) is 0 Å². The van der Waals surface area contributed by atoms with Crippen LogP contribution in [0.2, 0.25) is 0 Å². The summed E-state index contributed by atoms with van der Waals surface area (Å²) in [6.07, 6.45) is 3.97. The number of pyridine rings is 1. The molecule has 0 saturated heterocycles. The molecule has 122 valence electrons. The van der Waals surface area contributed by atoms with Crippen molar-refractivity contribution in [1.82, 2.24) is 15.2 Å². The summed E-state index contributed by atoms with van der Waals surface area (Å²) in [6.45, 7) is 2.28. The quantitative estimate of drug-likeness (QED) is 0.777. The first-order valence-corrected chi connectivity index (χ1v) is 9.08. The summed E-state index contributed by atoms with van der Waals surface area (Å²) >= 11 is 0. The molecule has 0 bridgehead atoms. The van der Waals surface area contributed by atoms with Gasteiger partial charge in [0.1, 0.15) is 5.69 Å². The Balaban J connectivity index is 1.87. The first kappa shape index (κ1) is 14.9. The molecule has 3 heterocycles. The smallest absolute Gasteiger partial charge is 0.264 e. The van der Waals surface area contributed by atoms with Crippen molar-refractivity contribution in [1.29, 1.82) is 0 Å². The van der Waals surface area contributed by atoms with Crippen molar-refractivity contribution in [2.75, 3.05) is 10.8 Å². The number of nitrogens with one attached hydrogen (secondary N) is 1. The predicted octanol–water partition coefficient (Wildman–Crippen LogP) is 2.53. The minimum absolute atomic E-state index is 0.284. The zero-order valence-corrected chi connectivity index (χ0v) is 13.9. The molecule has 3 aromatic rings. The van der Waals surface area contributed by atoms with Gasteiger partial charge in [0.2, 0.25) is 0 Å². The van der Waals surface area contributed by atoms with Crippen LogP contribution in [0.15, 0.2) is 53.7 Å². The van der Waals surface area contributed by atoms with Crippen molar-refractivity contribution in [2.24, 2.45) is 0 Å². The van der Waals surface area contributed by atoms with Crippen LogP contribution in [-0.4, -0.2) is 30.1 Å². The molecule has 0 fully saturated rings. The molecule has 4 rings (SSSR count). The summed E-state index contributed by atoms with van der Waals surface area (Å²) in [5.74, 6) is 0. The zero-order chi connectivity index (χ0) is 16.7. The lowest BCUT2D eigenvalue weighted by Crippen LogP contribution is -2.32. The molecule has 1 aliphatic rings. The second kappa shape index (κ2) is 5.45. The van der Waals surface area contributed by atoms with Crippen molar-refractivity contribution in [3.63, 3.8) is 0 Å². The van der Waals surface area contributed by atoms with Gasteiger partial charge in [-0.15, -0.1) is 0 Å². The molecule has 0 saturated carbocycles. The number of nitrogens with zero attached hydrogens (tertiary/aromatic N) is 3. The van der Waals surface area contributed by atoms with Gasteiger partial charge >= 0.3 is 0 Å². The van der Waals surface area contributed by atoms with Crippen LogP contribution in [0, 0.1) is 6.92 Å². The van der Waals surface area contributed by atoms with Crippen molar-refractivity contribution >= 4 is 15.7 Å². The average molecular weight is 340 g/mol. The van der Waals surface area contributed by atoms with Gasteiger partial charge in [0.15, 0.2) is 0 Å². The lowest BCUT2D eigenvalue weighted by Gasteiger charge is -2.24. The second-order valence-electron chi connectivity index (χ2n) is 5.78. The molecular weight excluding hydrogens is 324 g/mol. The summed E-state index contributed by atoms with van der Waals surface area (Å²) in [4.78, 5) is 4.67. The third-order valence-corrected chi connectivity index (χ3v) is 6.03. The van der Waals surface area contributed by atoms with E-state index in [-0.39, 0.29) is 4.90 Å². The number of sulfonamides is 1. The Morgan fingerprint density at radius 2 is 1.96 bits per heavy atom. The number of H-pyrrole nitrogens is 1. The van der Waals surface area contributed by atoms with Crippen LogP contribution in [-0.2, 0) is 16.4 Å². The number of hydrogen-bond donors (Lipinski definition) is 1. The third kappa shape index (κ3) is 2.28. The molecule has 1 aromatic carbocycles. The largest absolute Gasteiger partial charge is 0.276 e. The van der Waals surface area contributed by atoms with Crippen LogP contribution in [0.5, 0.6) is 0 Å². The zero-order valence-electron chi connectivity index (χ0n) is 13.1. The fraction of sp³-hybridized carbons (Fsp3) is 0.176. The molecule has 0 amide bonds. The third-order valence-electron chi connectivity index (χ3n) is 4.20. The summed E-state index contributed by atoms with van der Waals surface area (Å²) in [7, 11) is -3.65. The number of rotatable bonds is 2. The Morgan fingerprint density at radius 3 is 2.75 bits per heavy atom. The molecule has 1 aliphatic heterocycles. The number of benzene rings is 1. The van der Waals surface area contributed by atoms with Crippen molar-refractivity contribution in [3.8, 4) is 11.4 Å². The van der Waals surface area contributed by atoms with E-state index in [4.69, 9.17) is 0 Å². The van der Waals surface area contributed by atoms with Crippen molar-refractivity contribution < 1.29 is 8.42 Å². The maximum absolute atomic E-state index is 13.2. The van der Waals surface area contributed by atoms with Gasteiger partial charge < -0.3 is 0 Å². The first-order valence-electron chi connectivity index (χ1n) is 7.64. The number of aromatic amines is 1. The van der Waals surface area contributed by atoms with Crippen LogP contribution in [0.4, 0.5) is 5.69 Å². The number of anilines is 1. The number of fused-ring (bicyclic) bond motifs is 3. The number of aromatic nitrogens is 3. The van der Waals surface area contributed by atoms with E-state index < -0.39 is 10.0 Å². The lowest BCUT2D eigenvalue weighted by atomic mass is 10.1. The van der Waals surface area contributed by atoms with Gasteiger partial charge in [0, 0.05) is 18.3 Å². The summed E-state index contributed by atoms with van der Waals surface area (Å²) in [5, 5.41) is 7.01. The Kier molecular flexibility index (Phi) is 3.38. The topological polar surface area (TPSA) is 79.0 Å². The lowest BCUT2D eigenvalue weighted by molar-refractivity contribution is 0.591. The average Bonchev–Trinajstić information content (AvgIpc) is 2.98. The van der Waals surface area contributed by atoms with Crippen molar-refractivity contribution in [3.05, 3.63) is 59.9 Å². The maximum atomic E-state index is 13.2. The highest BCUT2D eigenvalue weighted by Crippen LogP contribution is 2.36. The summed E-state index contributed by atoms with van der Waals surface area (Å²) < 4.78 is 27.8. The standard InChI is InChI=1S/C17H16N4O2S/c1-12-4-6-14(7-5-12)24(22,23)21-10-8-13-11-19-20-16(13)17-15(21)3-2-9-18-17/h2-7,9,11H,8,10H2,1H3,(H,19,20). The van der Waals surface area contributed by atoms with Gasteiger partial charge in [0.25, 0.3) is 10.0 Å². The Labute approximate surface area is 140 Å². The van der Waals surface area contributed by atoms with Crippen molar-refractivity contribution in [2.45, 2.75) is 18.2 Å². The van der Waals surface area contributed by atoms with Crippen LogP contribution in [0.1, 0.15) is 11.1 Å². The monoisotopic (exact) mass is 340 g/mol. The molecule has 24 heavy (non-hydrogen) atoms. The Morgan fingerprint density at radius 1 is 1.17 bits per heavy atom. The van der Waals surface area contributed by atoms with Gasteiger partial charge in [-0.1, -0.05) is 17.7 Å². The second-order valence-corrected chi connectivity index (χ2v) is 7.64. The minimum Gasteiger partial charge on any atom is -0.276 e. The molecule has 1 N–H and O–H groups in total. The highest BCUT2D eigenvalue weighted by atomic mass is 32.2. The highest BCUT2D eigenvalue weighted by Gasteiger charge is 2.31. The molecular formula is C17H16N4O2S. The molecule has 0 radical (unpaired) electrons. The molecule has 0 unspecified atom stereocenters. The minimum atomic E-state index is -3.65. The fourth-order valence-electron chi connectivity index (χ4n) is 2.93. The molecule has 0 spiro atoms. The van der Waals surface area contributed by atoms with Gasteiger partial charge in [-0.2, -0.15) is 5.10 Å². The maximum Gasteiger partial charge on any atom is 0.264 e. The highest BCUT2D eigenvalue weighted by molar-refractivity contribution is 7.92. The molecule has 6 nitrogen and oxygen atoms in total. The van der Waals surface area contributed by atoms with Crippen LogP contribution >= 0.6 is 0 Å². The Bertz CT molecular complexity index is 993. The predicted molar refractivity (Wildman–Crippen MR) is 91.2 cm³/mol. The molecule has 0 aliphatic carbocycles. The van der Waals surface area contributed by atoms with Gasteiger partial charge in [0.05, 0.1) is 22.5 Å². The van der Waals surface area contributed by atoms with Crippen LogP contribution in [0.25, 0.3) is 11.4 Å². The SMILES string of the molecule is Cc1ccc(S(=O)(=O)N2CCc3cn[nH]c3-c3ncccc32)cc1. The molecule has 7 heteroatoms. The van der Waals surface area contributed by atoms with E-state index in [1.807, 2.05) is 6.92 Å². The summed E-state index contributed by atoms with van der Waals surface area (Å²) in [6, 6.07) is 10.4. The van der Waals surface area contributed by atoms with E-state index in [1.165, 1.54) is 4.31 Å². The molecule has 2 aromatic heterocycles. The van der Waals surface area contributed by atoms with Gasteiger partial charge in [-0.05, 0) is 37.6 Å². The molecule has 0 atom stereocenters. The van der Waals surface area contributed by atoms with E-state index in [9.17, 15) is 8.42 Å². The first-order chi connectivity index (χ1) is 11.6. The van der Waals surface area contributed by atoms with Gasteiger partial charge in [-0.3, -0.25) is 14.4 Å². The normalized spacial score (nSPS) is 14.0. The van der Waals surface area contributed by atoms with E-state index >= 15 is 0 Å². The number of aryl methyl sites for hydroxylation is 1. The van der Waals surface area contributed by atoms with E-state index in [0.29, 0.717) is 24.3 Å². The van der Waals surface area contributed by atoms with Crippen LogP contribution < -0.4 is 4.31 Å². The summed E-state index contributed by atoms with van der Waals surface area (Å²) in [5.41, 5.74) is 3.95. The fourth-order valence-corrected chi connectivity index (χ4v) is 4.40. The van der Waals surface area contributed by atoms with E-state index in [2.05, 4.69) is 15.2 Å². The van der Waals surface area contributed by atoms with E-state index in [0.717, 1.165) is 16.8 Å². The van der Waals surface area contributed by atoms with E-state index in [1.54, 1.807) is 48.8 Å². The number of hydrogen-bond acceptors (Lipinski definition) is 4. The Hall–Kier alpha value is -2.67.